The Hall–Kier alpha value is -4.00. The fourth-order valence-corrected chi connectivity index (χ4v) is 6.00. The number of aromatic nitrogens is 1. The minimum Gasteiger partial charge on any atom is -0.334 e. The first-order chi connectivity index (χ1) is 18.1. The van der Waals surface area contributed by atoms with Gasteiger partial charge in [-0.25, -0.2) is 26.8 Å². The number of anilines is 2. The standard InChI is InChI=1S/C26H27N5O5S2/c27-38(35,36)24-8-3-7-20(15-24)25-9-2-1-6-21(25)18-37(33,34)31-23-12-10-22(11-13-23)30-26(32)29-17-19-5-4-14-28-16-19/h1-16,21,25,31H,17-18H2,(H2,27,35,36)(H2,29,30,32). The van der Waals surface area contributed by atoms with Crippen molar-refractivity contribution in [3.63, 3.8) is 0 Å². The SMILES string of the molecule is NS(=O)(=O)c1cccc(C2C=CC=CC2CS(=O)(=O)Nc2ccc(NC(=O)NCc3cccnc3)cc2)c1. The van der Waals surface area contributed by atoms with Crippen molar-refractivity contribution < 1.29 is 21.6 Å². The molecule has 0 saturated heterocycles. The Balaban J connectivity index is 1.37. The number of carbonyl (C=O) groups is 1. The molecule has 1 aliphatic rings. The lowest BCUT2D eigenvalue weighted by atomic mass is 9.84. The fourth-order valence-electron chi connectivity index (χ4n) is 4.03. The van der Waals surface area contributed by atoms with Crippen LogP contribution >= 0.6 is 0 Å². The lowest BCUT2D eigenvalue weighted by Gasteiger charge is -2.25. The molecule has 0 saturated carbocycles. The van der Waals surface area contributed by atoms with Crippen LogP contribution in [0.5, 0.6) is 0 Å². The van der Waals surface area contributed by atoms with Gasteiger partial charge in [0.25, 0.3) is 0 Å². The number of urea groups is 1. The third-order valence-corrected chi connectivity index (χ3v) is 8.11. The molecule has 4 rings (SSSR count). The number of amides is 2. The van der Waals surface area contributed by atoms with Crippen LogP contribution in [0.2, 0.25) is 0 Å². The number of nitrogens with zero attached hydrogens (tertiary/aromatic N) is 1. The second-order valence-corrected chi connectivity index (χ2v) is 12.0. The number of benzene rings is 2. The normalized spacial score (nSPS) is 17.1. The van der Waals surface area contributed by atoms with Gasteiger partial charge in [0.05, 0.1) is 10.6 Å². The molecule has 0 bridgehead atoms. The Morgan fingerprint density at radius 3 is 2.37 bits per heavy atom. The number of allylic oxidation sites excluding steroid dienone is 4. The fraction of sp³-hybridized carbons (Fsp3) is 0.154. The summed E-state index contributed by atoms with van der Waals surface area (Å²) in [7, 11) is -7.66. The highest BCUT2D eigenvalue weighted by Gasteiger charge is 2.27. The largest absolute Gasteiger partial charge is 0.334 e. The van der Waals surface area contributed by atoms with Gasteiger partial charge in [0.1, 0.15) is 0 Å². The minimum atomic E-state index is -3.89. The van der Waals surface area contributed by atoms with Crippen molar-refractivity contribution in [1.29, 1.82) is 0 Å². The van der Waals surface area contributed by atoms with Gasteiger partial charge in [-0.1, -0.05) is 42.5 Å². The van der Waals surface area contributed by atoms with E-state index in [-0.39, 0.29) is 16.6 Å². The number of pyridine rings is 1. The molecule has 0 fully saturated rings. The molecule has 38 heavy (non-hydrogen) atoms. The van der Waals surface area contributed by atoms with Crippen LogP contribution in [0.4, 0.5) is 16.2 Å². The van der Waals surface area contributed by atoms with Crippen molar-refractivity contribution >= 4 is 37.5 Å². The summed E-state index contributed by atoms with van der Waals surface area (Å²) in [6.07, 6.45) is 10.5. The molecule has 0 spiro atoms. The molecular formula is C26H27N5O5S2. The van der Waals surface area contributed by atoms with Crippen molar-refractivity contribution in [1.82, 2.24) is 10.3 Å². The zero-order valence-corrected chi connectivity index (χ0v) is 21.8. The number of primary sulfonamides is 1. The summed E-state index contributed by atoms with van der Waals surface area (Å²) in [6.45, 7) is 0.315. The van der Waals surface area contributed by atoms with Gasteiger partial charge in [0, 0.05) is 42.1 Å². The number of hydrogen-bond donors (Lipinski definition) is 4. The van der Waals surface area contributed by atoms with Gasteiger partial charge in [-0.15, -0.1) is 0 Å². The van der Waals surface area contributed by atoms with Gasteiger partial charge < -0.3 is 10.6 Å². The lowest BCUT2D eigenvalue weighted by molar-refractivity contribution is 0.251. The molecule has 1 heterocycles. The summed E-state index contributed by atoms with van der Waals surface area (Å²) >= 11 is 0. The van der Waals surface area contributed by atoms with Crippen molar-refractivity contribution in [3.8, 4) is 0 Å². The molecule has 0 radical (unpaired) electrons. The molecule has 1 aromatic heterocycles. The average molecular weight is 554 g/mol. The predicted molar refractivity (Wildman–Crippen MR) is 146 cm³/mol. The monoisotopic (exact) mass is 553 g/mol. The summed E-state index contributed by atoms with van der Waals surface area (Å²) in [4.78, 5) is 16.1. The highest BCUT2D eigenvalue weighted by molar-refractivity contribution is 7.92. The molecule has 2 amide bonds. The van der Waals surface area contributed by atoms with Gasteiger partial charge in [-0.05, 0) is 53.6 Å². The van der Waals surface area contributed by atoms with Crippen LogP contribution in [-0.2, 0) is 26.6 Å². The molecule has 0 aliphatic heterocycles. The third-order valence-electron chi connectivity index (χ3n) is 5.82. The smallest absolute Gasteiger partial charge is 0.319 e. The van der Waals surface area contributed by atoms with E-state index in [4.69, 9.17) is 5.14 Å². The van der Waals surface area contributed by atoms with E-state index in [1.165, 1.54) is 12.1 Å². The Morgan fingerprint density at radius 2 is 1.66 bits per heavy atom. The van der Waals surface area contributed by atoms with Crippen LogP contribution in [0, 0.1) is 5.92 Å². The summed E-state index contributed by atoms with van der Waals surface area (Å²) in [5.74, 6) is -1.01. The molecule has 198 valence electrons. The van der Waals surface area contributed by atoms with E-state index in [0.717, 1.165) is 5.56 Å². The molecule has 3 aromatic rings. The van der Waals surface area contributed by atoms with E-state index in [2.05, 4.69) is 20.3 Å². The average Bonchev–Trinajstić information content (AvgIpc) is 2.89. The number of nitrogens with one attached hydrogen (secondary N) is 3. The summed E-state index contributed by atoms with van der Waals surface area (Å²) in [5, 5.41) is 10.7. The Bertz CT molecular complexity index is 1560. The molecule has 10 nitrogen and oxygen atoms in total. The minimum absolute atomic E-state index is 0.0304. The van der Waals surface area contributed by atoms with E-state index >= 15 is 0 Å². The van der Waals surface area contributed by atoms with Crippen LogP contribution in [0.3, 0.4) is 0 Å². The van der Waals surface area contributed by atoms with E-state index in [1.807, 2.05) is 12.1 Å². The van der Waals surface area contributed by atoms with Crippen LogP contribution in [0.1, 0.15) is 17.0 Å². The first-order valence-corrected chi connectivity index (χ1v) is 14.8. The molecule has 2 atom stereocenters. The second kappa shape index (κ2) is 11.6. The van der Waals surface area contributed by atoms with Crippen molar-refractivity contribution in [3.05, 3.63) is 108 Å². The van der Waals surface area contributed by atoms with Crippen LogP contribution in [0.15, 0.2) is 102 Å². The molecule has 1 aliphatic carbocycles. The van der Waals surface area contributed by atoms with Gasteiger partial charge >= 0.3 is 6.03 Å². The number of rotatable bonds is 9. The summed E-state index contributed by atoms with van der Waals surface area (Å²) < 4.78 is 52.1. The molecule has 12 heteroatoms. The van der Waals surface area contributed by atoms with Gasteiger partial charge in [0.2, 0.25) is 20.0 Å². The number of sulfonamides is 2. The summed E-state index contributed by atoms with van der Waals surface area (Å²) in [6, 6.07) is 15.7. The quantitative estimate of drug-likeness (QED) is 0.318. The maximum Gasteiger partial charge on any atom is 0.319 e. The van der Waals surface area contributed by atoms with Crippen LogP contribution in [0.25, 0.3) is 0 Å². The van der Waals surface area contributed by atoms with Crippen LogP contribution in [-0.4, -0.2) is 33.6 Å². The van der Waals surface area contributed by atoms with E-state index in [9.17, 15) is 21.6 Å². The van der Waals surface area contributed by atoms with Crippen LogP contribution < -0.4 is 20.5 Å². The molecular weight excluding hydrogens is 526 g/mol. The summed E-state index contributed by atoms with van der Waals surface area (Å²) in [5.41, 5.74) is 2.34. The van der Waals surface area contributed by atoms with Crippen molar-refractivity contribution in [2.24, 2.45) is 11.1 Å². The van der Waals surface area contributed by atoms with Gasteiger partial charge in [-0.3, -0.25) is 9.71 Å². The van der Waals surface area contributed by atoms with Gasteiger partial charge in [-0.2, -0.15) is 0 Å². The van der Waals surface area contributed by atoms with Gasteiger partial charge in [0.15, 0.2) is 0 Å². The van der Waals surface area contributed by atoms with E-state index in [1.54, 1.807) is 73.1 Å². The topological polar surface area (TPSA) is 160 Å². The Kier molecular flexibility index (Phi) is 8.25. The maximum absolute atomic E-state index is 13.0. The third kappa shape index (κ3) is 7.51. The maximum atomic E-state index is 13.0. The van der Waals surface area contributed by atoms with Crippen molar-refractivity contribution in [2.45, 2.75) is 17.4 Å². The zero-order valence-electron chi connectivity index (χ0n) is 20.2. The van der Waals surface area contributed by atoms with Crippen molar-refractivity contribution in [2.75, 3.05) is 15.8 Å². The molecule has 5 N–H and O–H groups in total. The number of nitrogens with two attached hydrogens (primary N) is 1. The zero-order chi connectivity index (χ0) is 27.2. The highest BCUT2D eigenvalue weighted by atomic mass is 32.2. The Labute approximate surface area is 221 Å². The lowest BCUT2D eigenvalue weighted by Crippen LogP contribution is -2.28. The van der Waals surface area contributed by atoms with E-state index < -0.39 is 32.0 Å². The predicted octanol–water partition coefficient (Wildman–Crippen LogP) is 3.32. The first-order valence-electron chi connectivity index (χ1n) is 11.6. The number of carbonyl (C=O) groups excluding carboxylic acids is 1. The molecule has 2 unspecified atom stereocenters. The Morgan fingerprint density at radius 1 is 0.921 bits per heavy atom. The first kappa shape index (κ1) is 27.0. The molecule has 2 aromatic carbocycles. The number of hydrogen-bond acceptors (Lipinski definition) is 6. The second-order valence-electron chi connectivity index (χ2n) is 8.71. The van der Waals surface area contributed by atoms with E-state index in [0.29, 0.717) is 23.5 Å². The highest BCUT2D eigenvalue weighted by Crippen LogP contribution is 2.32.